The Hall–Kier alpha value is -2.75. The summed E-state index contributed by atoms with van der Waals surface area (Å²) in [4.78, 5) is 13.0. The number of carbonyl (C=O) groups excluding carboxylic acids is 1. The molecule has 4 nitrogen and oxygen atoms in total. The number of nitrogens with zero attached hydrogens (tertiary/aromatic N) is 1. The van der Waals surface area contributed by atoms with Crippen molar-refractivity contribution in [1.29, 1.82) is 0 Å². The summed E-state index contributed by atoms with van der Waals surface area (Å²) in [7, 11) is 0. The van der Waals surface area contributed by atoms with E-state index in [0.29, 0.717) is 6.61 Å². The van der Waals surface area contributed by atoms with E-state index in [1.807, 2.05) is 69.3 Å². The second-order valence-corrected chi connectivity index (χ2v) is 6.44. The molecule has 0 saturated carbocycles. The van der Waals surface area contributed by atoms with Gasteiger partial charge >= 0.3 is 0 Å². The summed E-state index contributed by atoms with van der Waals surface area (Å²) in [5.74, 6) is 0.788. The van der Waals surface area contributed by atoms with E-state index in [1.54, 1.807) is 0 Å². The van der Waals surface area contributed by atoms with Gasteiger partial charge in [0.15, 0.2) is 0 Å². The summed E-state index contributed by atoms with van der Waals surface area (Å²) >= 11 is 0. The molecule has 1 atom stereocenters. The smallest absolute Gasteiger partial charge is 0.268 e. The lowest BCUT2D eigenvalue weighted by atomic mass is 10.1. The fourth-order valence-corrected chi connectivity index (χ4v) is 3.47. The first-order chi connectivity index (χ1) is 12.6. The predicted molar refractivity (Wildman–Crippen MR) is 106 cm³/mol. The molecule has 4 heteroatoms. The van der Waals surface area contributed by atoms with E-state index in [2.05, 4.69) is 16.8 Å². The monoisotopic (exact) mass is 350 g/mol. The van der Waals surface area contributed by atoms with E-state index < -0.39 is 0 Å². The van der Waals surface area contributed by atoms with Crippen molar-refractivity contribution in [3.8, 4) is 5.75 Å². The highest BCUT2D eigenvalue weighted by molar-refractivity contribution is 6.02. The molecule has 1 N–H and O–H groups in total. The zero-order valence-electron chi connectivity index (χ0n) is 15.9. The molecule has 0 saturated heterocycles. The van der Waals surface area contributed by atoms with Crippen molar-refractivity contribution in [3.63, 3.8) is 0 Å². The number of benzene rings is 2. The van der Waals surface area contributed by atoms with Crippen LogP contribution in [0, 0.1) is 6.92 Å². The van der Waals surface area contributed by atoms with Crippen LogP contribution in [0.5, 0.6) is 5.75 Å². The van der Waals surface area contributed by atoms with Gasteiger partial charge < -0.3 is 14.6 Å². The molecule has 136 valence electrons. The molecule has 0 aliphatic carbocycles. The van der Waals surface area contributed by atoms with E-state index >= 15 is 0 Å². The van der Waals surface area contributed by atoms with Crippen LogP contribution in [0.1, 0.15) is 48.4 Å². The molecule has 0 fully saturated rings. The van der Waals surface area contributed by atoms with Gasteiger partial charge in [-0.05, 0) is 57.0 Å². The Labute approximate surface area is 154 Å². The van der Waals surface area contributed by atoms with Crippen molar-refractivity contribution in [2.75, 3.05) is 6.61 Å². The molecule has 1 amide bonds. The van der Waals surface area contributed by atoms with E-state index in [-0.39, 0.29) is 11.9 Å². The number of fused-ring (bicyclic) bond motifs is 1. The average Bonchev–Trinajstić information content (AvgIpc) is 2.94. The summed E-state index contributed by atoms with van der Waals surface area (Å²) < 4.78 is 7.70. The topological polar surface area (TPSA) is 43.3 Å². The number of hydrogen-bond donors (Lipinski definition) is 1. The molecule has 0 aliphatic heterocycles. The standard InChI is InChI=1S/C22H26N2O2/c1-5-24-20-13-12-18(26-6-2)14-19(20)15(3)21(24)22(25)23-16(4)17-10-8-7-9-11-17/h7-14,16H,5-6H2,1-4H3,(H,23,25). The van der Waals surface area contributed by atoms with Crippen LogP contribution >= 0.6 is 0 Å². The average molecular weight is 350 g/mol. The summed E-state index contributed by atoms with van der Waals surface area (Å²) in [5, 5.41) is 4.20. The Morgan fingerprint density at radius 3 is 2.54 bits per heavy atom. The van der Waals surface area contributed by atoms with E-state index in [4.69, 9.17) is 4.74 Å². The van der Waals surface area contributed by atoms with Gasteiger partial charge in [0.1, 0.15) is 11.4 Å². The van der Waals surface area contributed by atoms with Crippen molar-refractivity contribution in [2.45, 2.75) is 40.3 Å². The minimum atomic E-state index is -0.0506. The zero-order chi connectivity index (χ0) is 18.7. The number of aromatic nitrogens is 1. The third-order valence-corrected chi connectivity index (χ3v) is 4.78. The maximum atomic E-state index is 13.0. The van der Waals surface area contributed by atoms with Crippen molar-refractivity contribution < 1.29 is 9.53 Å². The Bertz CT molecular complexity index is 913. The van der Waals surface area contributed by atoms with Crippen molar-refractivity contribution in [3.05, 3.63) is 65.4 Å². The Kier molecular flexibility index (Phi) is 5.31. The third kappa shape index (κ3) is 3.32. The minimum absolute atomic E-state index is 0.0464. The van der Waals surface area contributed by atoms with Crippen LogP contribution in [0.25, 0.3) is 10.9 Å². The third-order valence-electron chi connectivity index (χ3n) is 4.78. The van der Waals surface area contributed by atoms with Crippen LogP contribution in [0.15, 0.2) is 48.5 Å². The fourth-order valence-electron chi connectivity index (χ4n) is 3.47. The molecule has 0 aliphatic rings. The van der Waals surface area contributed by atoms with Gasteiger partial charge in [-0.15, -0.1) is 0 Å². The highest BCUT2D eigenvalue weighted by Gasteiger charge is 2.21. The Morgan fingerprint density at radius 2 is 1.88 bits per heavy atom. The SMILES string of the molecule is CCOc1ccc2c(c1)c(C)c(C(=O)NC(C)c1ccccc1)n2CC. The number of aryl methyl sites for hydroxylation is 2. The number of carbonyl (C=O) groups is 1. The number of rotatable bonds is 6. The lowest BCUT2D eigenvalue weighted by Crippen LogP contribution is -2.29. The van der Waals surface area contributed by atoms with Gasteiger partial charge in [0.2, 0.25) is 0 Å². The molecule has 1 heterocycles. The largest absolute Gasteiger partial charge is 0.494 e. The molecular formula is C22H26N2O2. The molecule has 26 heavy (non-hydrogen) atoms. The predicted octanol–water partition coefficient (Wildman–Crippen LogP) is 4.86. The molecule has 0 radical (unpaired) electrons. The lowest BCUT2D eigenvalue weighted by Gasteiger charge is -2.16. The van der Waals surface area contributed by atoms with Gasteiger partial charge in [0.05, 0.1) is 12.6 Å². The minimum Gasteiger partial charge on any atom is -0.494 e. The maximum absolute atomic E-state index is 13.0. The Balaban J connectivity index is 1.98. The molecule has 0 spiro atoms. The molecule has 2 aromatic carbocycles. The summed E-state index contributed by atoms with van der Waals surface area (Å²) in [6.45, 7) is 9.41. The number of nitrogens with one attached hydrogen (secondary N) is 1. The summed E-state index contributed by atoms with van der Waals surface area (Å²) in [6.07, 6.45) is 0. The van der Waals surface area contributed by atoms with Gasteiger partial charge in [-0.3, -0.25) is 4.79 Å². The normalized spacial score (nSPS) is 12.2. The number of amides is 1. The highest BCUT2D eigenvalue weighted by atomic mass is 16.5. The molecular weight excluding hydrogens is 324 g/mol. The van der Waals surface area contributed by atoms with Crippen molar-refractivity contribution in [2.24, 2.45) is 0 Å². The number of hydrogen-bond acceptors (Lipinski definition) is 2. The Morgan fingerprint density at radius 1 is 1.15 bits per heavy atom. The first-order valence-corrected chi connectivity index (χ1v) is 9.18. The van der Waals surface area contributed by atoms with E-state index in [0.717, 1.165) is 40.0 Å². The second-order valence-electron chi connectivity index (χ2n) is 6.44. The molecule has 0 bridgehead atoms. The summed E-state index contributed by atoms with van der Waals surface area (Å²) in [5.41, 5.74) is 3.86. The number of ether oxygens (including phenoxy) is 1. The highest BCUT2D eigenvalue weighted by Crippen LogP contribution is 2.29. The summed E-state index contributed by atoms with van der Waals surface area (Å²) in [6, 6.07) is 16.0. The first kappa shape index (κ1) is 18.1. The van der Waals surface area contributed by atoms with Gasteiger partial charge in [-0.1, -0.05) is 30.3 Å². The van der Waals surface area contributed by atoms with E-state index in [9.17, 15) is 4.79 Å². The maximum Gasteiger partial charge on any atom is 0.268 e. The van der Waals surface area contributed by atoms with E-state index in [1.165, 1.54) is 0 Å². The zero-order valence-corrected chi connectivity index (χ0v) is 15.9. The van der Waals surface area contributed by atoms with Crippen LogP contribution < -0.4 is 10.1 Å². The van der Waals surface area contributed by atoms with Crippen LogP contribution in [0.3, 0.4) is 0 Å². The molecule has 1 unspecified atom stereocenters. The first-order valence-electron chi connectivity index (χ1n) is 9.18. The van der Waals surface area contributed by atoms with Crippen molar-refractivity contribution in [1.82, 2.24) is 9.88 Å². The quantitative estimate of drug-likeness (QED) is 0.690. The molecule has 1 aromatic heterocycles. The van der Waals surface area contributed by atoms with Gasteiger partial charge in [-0.25, -0.2) is 0 Å². The van der Waals surface area contributed by atoms with Gasteiger partial charge in [0.25, 0.3) is 5.91 Å². The fraction of sp³-hybridized carbons (Fsp3) is 0.318. The second kappa shape index (κ2) is 7.65. The van der Waals surface area contributed by atoms with Crippen LogP contribution in [-0.4, -0.2) is 17.1 Å². The van der Waals surface area contributed by atoms with Crippen LogP contribution in [0.4, 0.5) is 0 Å². The van der Waals surface area contributed by atoms with Crippen molar-refractivity contribution >= 4 is 16.8 Å². The van der Waals surface area contributed by atoms with Gasteiger partial charge in [-0.2, -0.15) is 0 Å². The lowest BCUT2D eigenvalue weighted by molar-refractivity contribution is 0.0930. The molecule has 3 aromatic rings. The molecule has 3 rings (SSSR count). The van der Waals surface area contributed by atoms with Crippen LogP contribution in [0.2, 0.25) is 0 Å². The van der Waals surface area contributed by atoms with Gasteiger partial charge in [0, 0.05) is 17.4 Å². The van der Waals surface area contributed by atoms with Crippen LogP contribution in [-0.2, 0) is 6.54 Å².